The van der Waals surface area contributed by atoms with Crippen molar-refractivity contribution in [1.82, 2.24) is 4.98 Å². The van der Waals surface area contributed by atoms with Crippen LogP contribution in [0.5, 0.6) is 0 Å². The van der Waals surface area contributed by atoms with Crippen molar-refractivity contribution in [2.24, 2.45) is 5.14 Å². The molecule has 0 saturated carbocycles. The SMILES string of the molecule is CCNc1cc(S(N)(=O)=O)ccn1. The summed E-state index contributed by atoms with van der Waals surface area (Å²) in [4.78, 5) is 3.98. The van der Waals surface area contributed by atoms with Crippen LogP contribution in [-0.2, 0) is 10.0 Å². The van der Waals surface area contributed by atoms with E-state index in [9.17, 15) is 8.42 Å². The number of hydrogen-bond acceptors (Lipinski definition) is 4. The molecule has 1 rings (SSSR count). The maximum absolute atomic E-state index is 10.9. The lowest BCUT2D eigenvalue weighted by molar-refractivity contribution is 0.597. The Bertz CT molecular complexity index is 388. The van der Waals surface area contributed by atoms with Gasteiger partial charge in [0.15, 0.2) is 0 Å². The minimum Gasteiger partial charge on any atom is -0.370 e. The second-order valence-electron chi connectivity index (χ2n) is 2.45. The van der Waals surface area contributed by atoms with Crippen molar-refractivity contribution in [3.63, 3.8) is 0 Å². The predicted molar refractivity (Wildman–Crippen MR) is 49.8 cm³/mol. The Morgan fingerprint density at radius 1 is 1.62 bits per heavy atom. The molecule has 0 bridgehead atoms. The first-order valence-corrected chi connectivity index (χ1v) is 5.31. The molecule has 0 unspecified atom stereocenters. The molecule has 0 aliphatic rings. The third-order valence-electron chi connectivity index (χ3n) is 1.42. The minimum atomic E-state index is -3.62. The first kappa shape index (κ1) is 9.94. The molecule has 0 radical (unpaired) electrons. The normalized spacial score (nSPS) is 11.2. The van der Waals surface area contributed by atoms with Gasteiger partial charge in [0.2, 0.25) is 10.0 Å². The number of aromatic nitrogens is 1. The molecule has 0 aliphatic heterocycles. The second kappa shape index (κ2) is 3.71. The molecule has 1 aromatic heterocycles. The van der Waals surface area contributed by atoms with Gasteiger partial charge in [-0.2, -0.15) is 0 Å². The average Bonchev–Trinajstić information content (AvgIpc) is 2.04. The molecule has 3 N–H and O–H groups in total. The monoisotopic (exact) mass is 201 g/mol. The van der Waals surface area contributed by atoms with Gasteiger partial charge in [-0.25, -0.2) is 18.5 Å². The molecular formula is C7H11N3O2S. The summed E-state index contributed by atoms with van der Waals surface area (Å²) in [7, 11) is -3.62. The Labute approximate surface area is 77.0 Å². The van der Waals surface area contributed by atoms with Crippen LogP contribution in [-0.4, -0.2) is 19.9 Å². The van der Waals surface area contributed by atoms with Gasteiger partial charge in [0.05, 0.1) is 4.90 Å². The van der Waals surface area contributed by atoms with Crippen LogP contribution >= 0.6 is 0 Å². The quantitative estimate of drug-likeness (QED) is 0.729. The van der Waals surface area contributed by atoms with Crippen molar-refractivity contribution in [1.29, 1.82) is 0 Å². The van der Waals surface area contributed by atoms with Crippen molar-refractivity contribution in [3.8, 4) is 0 Å². The standard InChI is InChI=1S/C7H11N3O2S/c1-2-9-7-5-6(3-4-10-7)13(8,11)12/h3-5H,2H2,1H3,(H,9,10)(H2,8,11,12). The number of hydrogen-bond donors (Lipinski definition) is 2. The number of nitrogens with zero attached hydrogens (tertiary/aromatic N) is 1. The maximum Gasteiger partial charge on any atom is 0.238 e. The number of nitrogens with one attached hydrogen (secondary N) is 1. The van der Waals surface area contributed by atoms with E-state index in [1.54, 1.807) is 0 Å². The molecule has 72 valence electrons. The van der Waals surface area contributed by atoms with E-state index < -0.39 is 10.0 Å². The molecule has 1 heterocycles. The number of pyridine rings is 1. The lowest BCUT2D eigenvalue weighted by atomic mass is 10.4. The van der Waals surface area contributed by atoms with Crippen LogP contribution in [0.4, 0.5) is 5.82 Å². The first-order valence-electron chi connectivity index (χ1n) is 3.76. The summed E-state index contributed by atoms with van der Waals surface area (Å²) in [5.41, 5.74) is 0. The number of rotatable bonds is 3. The van der Waals surface area contributed by atoms with Crippen LogP contribution in [0.3, 0.4) is 0 Å². The zero-order valence-corrected chi connectivity index (χ0v) is 8.00. The number of primary sulfonamides is 1. The fourth-order valence-electron chi connectivity index (χ4n) is 0.866. The van der Waals surface area contributed by atoms with Gasteiger partial charge in [-0.3, -0.25) is 0 Å². The lowest BCUT2D eigenvalue weighted by Crippen LogP contribution is -2.12. The Balaban J connectivity index is 3.06. The van der Waals surface area contributed by atoms with Crippen molar-refractivity contribution < 1.29 is 8.42 Å². The van der Waals surface area contributed by atoms with E-state index in [1.165, 1.54) is 18.3 Å². The molecular weight excluding hydrogens is 190 g/mol. The number of sulfonamides is 1. The van der Waals surface area contributed by atoms with Gasteiger partial charge in [-0.15, -0.1) is 0 Å². The molecule has 0 aromatic carbocycles. The molecule has 5 nitrogen and oxygen atoms in total. The summed E-state index contributed by atoms with van der Waals surface area (Å²) < 4.78 is 21.8. The highest BCUT2D eigenvalue weighted by Gasteiger charge is 2.07. The van der Waals surface area contributed by atoms with Crippen LogP contribution in [0.2, 0.25) is 0 Å². The molecule has 0 saturated heterocycles. The molecule has 13 heavy (non-hydrogen) atoms. The van der Waals surface area contributed by atoms with E-state index in [0.29, 0.717) is 12.4 Å². The Morgan fingerprint density at radius 3 is 2.85 bits per heavy atom. The van der Waals surface area contributed by atoms with Crippen LogP contribution < -0.4 is 10.5 Å². The van der Waals surface area contributed by atoms with Gasteiger partial charge in [-0.05, 0) is 13.0 Å². The topological polar surface area (TPSA) is 85.1 Å². The van der Waals surface area contributed by atoms with Gasteiger partial charge < -0.3 is 5.32 Å². The number of nitrogens with two attached hydrogens (primary N) is 1. The first-order chi connectivity index (χ1) is 6.04. The van der Waals surface area contributed by atoms with Gasteiger partial charge in [0, 0.05) is 18.8 Å². The van der Waals surface area contributed by atoms with E-state index in [1.807, 2.05) is 6.92 Å². The third-order valence-corrected chi connectivity index (χ3v) is 2.33. The van der Waals surface area contributed by atoms with Gasteiger partial charge >= 0.3 is 0 Å². The van der Waals surface area contributed by atoms with E-state index in [2.05, 4.69) is 10.3 Å². The zero-order chi connectivity index (χ0) is 9.90. The zero-order valence-electron chi connectivity index (χ0n) is 7.19. The van der Waals surface area contributed by atoms with Gasteiger partial charge in [-0.1, -0.05) is 0 Å². The molecule has 1 aromatic rings. The largest absolute Gasteiger partial charge is 0.370 e. The predicted octanol–water partition coefficient (Wildman–Crippen LogP) is 0.161. The molecule has 6 heteroatoms. The lowest BCUT2D eigenvalue weighted by Gasteiger charge is -2.02. The molecule has 0 fully saturated rings. The van der Waals surface area contributed by atoms with Crippen molar-refractivity contribution in [3.05, 3.63) is 18.3 Å². The van der Waals surface area contributed by atoms with Crippen LogP contribution in [0.1, 0.15) is 6.92 Å². The highest BCUT2D eigenvalue weighted by atomic mass is 32.2. The minimum absolute atomic E-state index is 0.0680. The fourth-order valence-corrected chi connectivity index (χ4v) is 1.39. The van der Waals surface area contributed by atoms with E-state index in [0.717, 1.165) is 0 Å². The smallest absolute Gasteiger partial charge is 0.238 e. The maximum atomic E-state index is 10.9. The Kier molecular flexibility index (Phi) is 2.84. The van der Waals surface area contributed by atoms with Crippen LogP contribution in [0.15, 0.2) is 23.2 Å². The van der Waals surface area contributed by atoms with Crippen molar-refractivity contribution in [2.75, 3.05) is 11.9 Å². The molecule has 0 aliphatic carbocycles. The summed E-state index contributed by atoms with van der Waals surface area (Å²) in [5.74, 6) is 0.508. The van der Waals surface area contributed by atoms with Crippen molar-refractivity contribution >= 4 is 15.8 Å². The fraction of sp³-hybridized carbons (Fsp3) is 0.286. The second-order valence-corrected chi connectivity index (χ2v) is 4.01. The van der Waals surface area contributed by atoms with Gasteiger partial charge in [0.1, 0.15) is 5.82 Å². The molecule has 0 atom stereocenters. The summed E-state index contributed by atoms with van der Waals surface area (Å²) >= 11 is 0. The van der Waals surface area contributed by atoms with E-state index in [-0.39, 0.29) is 4.90 Å². The van der Waals surface area contributed by atoms with E-state index >= 15 is 0 Å². The van der Waals surface area contributed by atoms with Crippen LogP contribution in [0.25, 0.3) is 0 Å². The Morgan fingerprint density at radius 2 is 2.31 bits per heavy atom. The summed E-state index contributed by atoms with van der Waals surface area (Å²) in [6.45, 7) is 2.58. The van der Waals surface area contributed by atoms with Crippen molar-refractivity contribution in [2.45, 2.75) is 11.8 Å². The van der Waals surface area contributed by atoms with Crippen LogP contribution in [0, 0.1) is 0 Å². The summed E-state index contributed by atoms with van der Waals surface area (Å²) in [6.07, 6.45) is 1.40. The third kappa shape index (κ3) is 2.67. The Hall–Kier alpha value is -1.14. The highest BCUT2D eigenvalue weighted by Crippen LogP contribution is 2.10. The molecule has 0 spiro atoms. The summed E-state index contributed by atoms with van der Waals surface area (Å²) in [6, 6.07) is 2.76. The molecule has 0 amide bonds. The average molecular weight is 201 g/mol. The number of anilines is 1. The van der Waals surface area contributed by atoms with E-state index in [4.69, 9.17) is 5.14 Å². The summed E-state index contributed by atoms with van der Waals surface area (Å²) in [5, 5.41) is 7.83. The van der Waals surface area contributed by atoms with Gasteiger partial charge in [0.25, 0.3) is 0 Å². The highest BCUT2D eigenvalue weighted by molar-refractivity contribution is 7.89.